The summed E-state index contributed by atoms with van der Waals surface area (Å²) in [4.78, 5) is 2.39. The van der Waals surface area contributed by atoms with Crippen molar-refractivity contribution in [1.29, 1.82) is 0 Å². The van der Waals surface area contributed by atoms with Gasteiger partial charge in [0.15, 0.2) is 0 Å². The summed E-state index contributed by atoms with van der Waals surface area (Å²) in [5.74, 6) is 0. The number of anilines is 1. The van der Waals surface area contributed by atoms with Crippen molar-refractivity contribution >= 4 is 5.69 Å². The molecule has 1 aliphatic rings. The van der Waals surface area contributed by atoms with E-state index < -0.39 is 0 Å². The number of aliphatic hydroxyl groups excluding tert-OH is 1. The third kappa shape index (κ3) is 2.52. The fourth-order valence-electron chi connectivity index (χ4n) is 2.91. The molecule has 1 unspecified atom stereocenters. The average molecular weight is 248 g/mol. The van der Waals surface area contributed by atoms with E-state index in [1.54, 1.807) is 0 Å². The van der Waals surface area contributed by atoms with Crippen LogP contribution in [0, 0.1) is 13.8 Å². The molecule has 1 aromatic rings. The van der Waals surface area contributed by atoms with Gasteiger partial charge in [-0.05, 0) is 45.4 Å². The van der Waals surface area contributed by atoms with Gasteiger partial charge in [0.2, 0.25) is 0 Å². The van der Waals surface area contributed by atoms with Gasteiger partial charge in [0, 0.05) is 18.8 Å². The maximum Gasteiger partial charge on any atom is 0.0630 e. The van der Waals surface area contributed by atoms with Crippen LogP contribution in [-0.4, -0.2) is 37.4 Å². The highest BCUT2D eigenvalue weighted by Gasteiger charge is 2.33. The van der Waals surface area contributed by atoms with Crippen LogP contribution in [0.3, 0.4) is 0 Å². The molecule has 1 heterocycles. The van der Waals surface area contributed by atoms with E-state index in [0.717, 1.165) is 25.9 Å². The van der Waals surface area contributed by atoms with E-state index in [0.29, 0.717) is 0 Å². The maximum absolute atomic E-state index is 9.63. The van der Waals surface area contributed by atoms with Crippen LogP contribution in [0.25, 0.3) is 0 Å². The number of likely N-dealkylation sites (N-methyl/N-ethyl adjacent to an activating group) is 1. The van der Waals surface area contributed by atoms with Crippen LogP contribution in [-0.2, 0) is 0 Å². The number of nitrogens with zero attached hydrogens (tertiary/aromatic N) is 1. The van der Waals surface area contributed by atoms with E-state index in [1.807, 2.05) is 7.05 Å². The summed E-state index contributed by atoms with van der Waals surface area (Å²) in [6, 6.07) is 6.59. The highest BCUT2D eigenvalue weighted by atomic mass is 16.3. The normalized spacial score (nSPS) is 24.3. The van der Waals surface area contributed by atoms with Crippen molar-refractivity contribution in [3.63, 3.8) is 0 Å². The monoisotopic (exact) mass is 248 g/mol. The van der Waals surface area contributed by atoms with Crippen LogP contribution < -0.4 is 10.2 Å². The first kappa shape index (κ1) is 13.4. The second-order valence-corrected chi connectivity index (χ2v) is 5.50. The van der Waals surface area contributed by atoms with E-state index in [2.05, 4.69) is 42.3 Å². The Balaban J connectivity index is 2.23. The van der Waals surface area contributed by atoms with Crippen LogP contribution in [0.5, 0.6) is 0 Å². The second kappa shape index (κ2) is 5.29. The first-order valence-electron chi connectivity index (χ1n) is 6.72. The molecule has 1 aliphatic heterocycles. The Morgan fingerprint density at radius 1 is 1.39 bits per heavy atom. The minimum atomic E-state index is -0.143. The zero-order valence-electron chi connectivity index (χ0n) is 11.7. The van der Waals surface area contributed by atoms with E-state index >= 15 is 0 Å². The molecule has 1 saturated heterocycles. The Morgan fingerprint density at radius 3 is 2.78 bits per heavy atom. The Morgan fingerprint density at radius 2 is 2.17 bits per heavy atom. The SMILES string of the molecule is CNC1(CO)CCCN(c2ccc(C)cc2C)C1. The van der Waals surface area contributed by atoms with Crippen molar-refractivity contribution in [3.05, 3.63) is 29.3 Å². The molecular weight excluding hydrogens is 224 g/mol. The largest absolute Gasteiger partial charge is 0.394 e. The summed E-state index contributed by atoms with van der Waals surface area (Å²) in [6.07, 6.45) is 2.16. The Bertz CT molecular complexity index is 413. The third-order valence-electron chi connectivity index (χ3n) is 4.10. The molecule has 0 aromatic heterocycles. The number of hydrogen-bond donors (Lipinski definition) is 2. The predicted octanol–water partition coefficient (Wildman–Crippen LogP) is 1.85. The molecule has 2 N–H and O–H groups in total. The summed E-state index contributed by atoms with van der Waals surface area (Å²) in [6.45, 7) is 6.44. The standard InChI is InChI=1S/C15H24N2O/c1-12-5-6-14(13(2)9-12)17-8-4-7-15(10-17,11-18)16-3/h5-6,9,16,18H,4,7-8,10-11H2,1-3H3. The van der Waals surface area contributed by atoms with Crippen LogP contribution in [0.1, 0.15) is 24.0 Å². The minimum absolute atomic E-state index is 0.143. The highest BCUT2D eigenvalue weighted by Crippen LogP contribution is 2.28. The van der Waals surface area contributed by atoms with Gasteiger partial charge >= 0.3 is 0 Å². The minimum Gasteiger partial charge on any atom is -0.394 e. The van der Waals surface area contributed by atoms with E-state index in [9.17, 15) is 5.11 Å². The molecule has 1 aromatic carbocycles. The lowest BCUT2D eigenvalue weighted by Crippen LogP contribution is -2.58. The first-order chi connectivity index (χ1) is 8.60. The van der Waals surface area contributed by atoms with Gasteiger partial charge in [-0.2, -0.15) is 0 Å². The average Bonchev–Trinajstić information content (AvgIpc) is 2.38. The van der Waals surface area contributed by atoms with E-state index in [1.165, 1.54) is 16.8 Å². The van der Waals surface area contributed by atoms with Crippen LogP contribution in [0.15, 0.2) is 18.2 Å². The summed E-state index contributed by atoms with van der Waals surface area (Å²) < 4.78 is 0. The van der Waals surface area contributed by atoms with E-state index in [-0.39, 0.29) is 12.1 Å². The van der Waals surface area contributed by atoms with Crippen LogP contribution in [0.4, 0.5) is 5.69 Å². The van der Waals surface area contributed by atoms with Crippen molar-refractivity contribution in [3.8, 4) is 0 Å². The van der Waals surface area contributed by atoms with Crippen molar-refractivity contribution in [2.45, 2.75) is 32.2 Å². The predicted molar refractivity (Wildman–Crippen MR) is 76.2 cm³/mol. The molecule has 2 rings (SSSR count). The number of benzene rings is 1. The maximum atomic E-state index is 9.63. The van der Waals surface area contributed by atoms with Gasteiger partial charge < -0.3 is 15.3 Å². The molecule has 0 saturated carbocycles. The van der Waals surface area contributed by atoms with Gasteiger partial charge in [0.05, 0.1) is 12.1 Å². The lowest BCUT2D eigenvalue weighted by Gasteiger charge is -2.43. The fraction of sp³-hybridized carbons (Fsp3) is 0.600. The van der Waals surface area contributed by atoms with E-state index in [4.69, 9.17) is 0 Å². The van der Waals surface area contributed by atoms with Gasteiger partial charge in [-0.3, -0.25) is 0 Å². The lowest BCUT2D eigenvalue weighted by molar-refractivity contribution is 0.149. The fourth-order valence-corrected chi connectivity index (χ4v) is 2.91. The number of hydrogen-bond acceptors (Lipinski definition) is 3. The lowest BCUT2D eigenvalue weighted by atomic mass is 9.89. The highest BCUT2D eigenvalue weighted by molar-refractivity contribution is 5.55. The zero-order chi connectivity index (χ0) is 13.2. The van der Waals surface area contributed by atoms with Gasteiger partial charge in [-0.1, -0.05) is 17.7 Å². The van der Waals surface area contributed by atoms with Crippen molar-refractivity contribution < 1.29 is 5.11 Å². The van der Waals surface area contributed by atoms with Gasteiger partial charge in [-0.25, -0.2) is 0 Å². The van der Waals surface area contributed by atoms with Crippen molar-refractivity contribution in [2.75, 3.05) is 31.6 Å². The molecule has 1 atom stereocenters. The number of piperidine rings is 1. The molecule has 0 aliphatic carbocycles. The summed E-state index contributed by atoms with van der Waals surface area (Å²) in [5.41, 5.74) is 3.78. The smallest absolute Gasteiger partial charge is 0.0630 e. The van der Waals surface area contributed by atoms with Crippen molar-refractivity contribution in [1.82, 2.24) is 5.32 Å². The molecule has 3 nitrogen and oxygen atoms in total. The summed E-state index contributed by atoms with van der Waals surface area (Å²) in [7, 11) is 1.95. The Labute approximate surface area is 110 Å². The Hall–Kier alpha value is -1.06. The molecule has 0 amide bonds. The van der Waals surface area contributed by atoms with Gasteiger partial charge in [-0.15, -0.1) is 0 Å². The van der Waals surface area contributed by atoms with Gasteiger partial charge in [0.25, 0.3) is 0 Å². The molecule has 0 bridgehead atoms. The number of rotatable bonds is 3. The Kier molecular flexibility index (Phi) is 3.93. The topological polar surface area (TPSA) is 35.5 Å². The molecule has 100 valence electrons. The molecular formula is C15H24N2O. The van der Waals surface area contributed by atoms with Crippen LogP contribution in [0.2, 0.25) is 0 Å². The number of aliphatic hydroxyl groups is 1. The quantitative estimate of drug-likeness (QED) is 0.857. The zero-order valence-corrected chi connectivity index (χ0v) is 11.7. The first-order valence-corrected chi connectivity index (χ1v) is 6.72. The molecule has 3 heteroatoms. The van der Waals surface area contributed by atoms with Gasteiger partial charge in [0.1, 0.15) is 0 Å². The molecule has 18 heavy (non-hydrogen) atoms. The summed E-state index contributed by atoms with van der Waals surface area (Å²) in [5, 5.41) is 12.9. The number of aryl methyl sites for hydroxylation is 2. The molecule has 0 spiro atoms. The third-order valence-corrected chi connectivity index (χ3v) is 4.10. The summed E-state index contributed by atoms with van der Waals surface area (Å²) >= 11 is 0. The number of nitrogens with one attached hydrogen (secondary N) is 1. The molecule has 1 fully saturated rings. The molecule has 0 radical (unpaired) electrons. The van der Waals surface area contributed by atoms with Crippen LogP contribution >= 0.6 is 0 Å². The van der Waals surface area contributed by atoms with Crippen molar-refractivity contribution in [2.24, 2.45) is 0 Å². The second-order valence-electron chi connectivity index (χ2n) is 5.50.